The molecular weight excluding hydrogens is 214 g/mol. The largest absolute Gasteiger partial charge is 0.387 e. The molecule has 15 heavy (non-hydrogen) atoms. The topological polar surface area (TPSA) is 57.6 Å². The molecule has 0 radical (unpaired) electrons. The maximum atomic E-state index is 11.2. The molecule has 0 bridgehead atoms. The fourth-order valence-electron chi connectivity index (χ4n) is 1.35. The van der Waals surface area contributed by atoms with Crippen LogP contribution in [-0.4, -0.2) is 28.4 Å². The summed E-state index contributed by atoms with van der Waals surface area (Å²) in [5.74, 6) is -0.733. The normalized spacial score (nSPS) is 17.5. The van der Waals surface area contributed by atoms with Crippen LogP contribution in [0.5, 0.6) is 0 Å². The Balaban J connectivity index is 2.04. The summed E-state index contributed by atoms with van der Waals surface area (Å²) in [6.07, 6.45) is 1.62. The summed E-state index contributed by atoms with van der Waals surface area (Å²) in [4.78, 5) is 23.4. The van der Waals surface area contributed by atoms with Crippen molar-refractivity contribution < 1.29 is 14.7 Å². The zero-order valence-corrected chi connectivity index (χ0v) is 8.61. The summed E-state index contributed by atoms with van der Waals surface area (Å²) in [5, 5.41) is 13.4. The molecule has 0 saturated carbocycles. The van der Waals surface area contributed by atoms with Crippen LogP contribution in [0.15, 0.2) is 29.0 Å². The molecule has 1 aliphatic heterocycles. The predicted octanol–water partition coefficient (Wildman–Crippen LogP) is 0.706. The van der Waals surface area contributed by atoms with Crippen molar-refractivity contribution in [3.63, 3.8) is 0 Å². The van der Waals surface area contributed by atoms with Crippen LogP contribution in [-0.2, 0) is 9.59 Å². The summed E-state index contributed by atoms with van der Waals surface area (Å²) >= 11 is 1.46. The highest BCUT2D eigenvalue weighted by atomic mass is 32.1. The molecule has 0 spiro atoms. The molecule has 1 aromatic rings. The van der Waals surface area contributed by atoms with Gasteiger partial charge >= 0.3 is 0 Å². The lowest BCUT2D eigenvalue weighted by Gasteiger charge is -2.17. The molecule has 2 rings (SSSR count). The Hall–Kier alpha value is -1.46. The number of thiophene rings is 1. The van der Waals surface area contributed by atoms with Crippen molar-refractivity contribution in [1.82, 2.24) is 4.90 Å². The standard InChI is InChI=1S/C10H9NO3S/c12-8(7-3-4-15-6-7)5-11-9(13)1-2-10(11)14/h1-4,6,8,12H,5H2. The lowest BCUT2D eigenvalue weighted by Crippen LogP contribution is -2.33. The second-order valence-corrected chi connectivity index (χ2v) is 3.97. The maximum Gasteiger partial charge on any atom is 0.253 e. The summed E-state index contributed by atoms with van der Waals surface area (Å²) in [7, 11) is 0. The summed E-state index contributed by atoms with van der Waals surface area (Å²) in [6, 6.07) is 1.77. The molecule has 4 nitrogen and oxygen atoms in total. The van der Waals surface area contributed by atoms with Crippen molar-refractivity contribution in [1.29, 1.82) is 0 Å². The van der Waals surface area contributed by atoms with Crippen molar-refractivity contribution in [3.8, 4) is 0 Å². The van der Waals surface area contributed by atoms with Gasteiger partial charge in [0, 0.05) is 12.2 Å². The molecular formula is C10H9NO3S. The molecule has 0 aliphatic carbocycles. The van der Waals surface area contributed by atoms with E-state index in [-0.39, 0.29) is 18.4 Å². The van der Waals surface area contributed by atoms with Crippen molar-refractivity contribution in [2.24, 2.45) is 0 Å². The highest BCUT2D eigenvalue weighted by Crippen LogP contribution is 2.18. The minimum absolute atomic E-state index is 0.0153. The van der Waals surface area contributed by atoms with Crippen LogP contribution >= 0.6 is 11.3 Å². The number of carbonyl (C=O) groups excluding carboxylic acids is 2. The van der Waals surface area contributed by atoms with Crippen LogP contribution in [0, 0.1) is 0 Å². The predicted molar refractivity (Wildman–Crippen MR) is 55.1 cm³/mol. The van der Waals surface area contributed by atoms with Crippen molar-refractivity contribution >= 4 is 23.2 Å². The van der Waals surface area contributed by atoms with Gasteiger partial charge in [-0.2, -0.15) is 11.3 Å². The van der Waals surface area contributed by atoms with Gasteiger partial charge in [-0.05, 0) is 22.4 Å². The zero-order valence-electron chi connectivity index (χ0n) is 7.79. The molecule has 0 aromatic carbocycles. The van der Waals surface area contributed by atoms with Gasteiger partial charge in [0.05, 0.1) is 12.6 Å². The van der Waals surface area contributed by atoms with Gasteiger partial charge in [0.25, 0.3) is 11.8 Å². The molecule has 2 heterocycles. The first-order valence-corrected chi connectivity index (χ1v) is 5.36. The fraction of sp³-hybridized carbons (Fsp3) is 0.200. The Morgan fingerprint density at radius 2 is 2.00 bits per heavy atom. The van der Waals surface area contributed by atoms with E-state index in [1.54, 1.807) is 11.4 Å². The Kier molecular flexibility index (Phi) is 2.66. The van der Waals surface area contributed by atoms with E-state index in [9.17, 15) is 14.7 Å². The molecule has 1 N–H and O–H groups in total. The minimum atomic E-state index is -0.802. The smallest absolute Gasteiger partial charge is 0.253 e. The van der Waals surface area contributed by atoms with Gasteiger partial charge in [0.15, 0.2) is 0 Å². The molecule has 2 amide bonds. The van der Waals surface area contributed by atoms with Crippen LogP contribution in [0.2, 0.25) is 0 Å². The highest BCUT2D eigenvalue weighted by Gasteiger charge is 2.26. The molecule has 1 atom stereocenters. The third kappa shape index (κ3) is 1.98. The van der Waals surface area contributed by atoms with E-state index in [1.807, 2.05) is 5.38 Å². The number of nitrogens with zero attached hydrogens (tertiary/aromatic N) is 1. The van der Waals surface area contributed by atoms with E-state index < -0.39 is 6.10 Å². The number of aliphatic hydroxyl groups is 1. The first kappa shape index (κ1) is 10.1. The number of rotatable bonds is 3. The van der Waals surface area contributed by atoms with E-state index in [1.165, 1.54) is 23.5 Å². The quantitative estimate of drug-likeness (QED) is 0.768. The van der Waals surface area contributed by atoms with Crippen molar-refractivity contribution in [2.45, 2.75) is 6.10 Å². The zero-order chi connectivity index (χ0) is 10.8. The Labute approximate surface area is 90.4 Å². The van der Waals surface area contributed by atoms with E-state index >= 15 is 0 Å². The molecule has 5 heteroatoms. The van der Waals surface area contributed by atoms with Crippen LogP contribution in [0.3, 0.4) is 0 Å². The number of imide groups is 1. The number of hydrogen-bond donors (Lipinski definition) is 1. The maximum absolute atomic E-state index is 11.2. The number of amides is 2. The number of aliphatic hydroxyl groups excluding tert-OH is 1. The first-order chi connectivity index (χ1) is 7.18. The van der Waals surface area contributed by atoms with Gasteiger partial charge in [-0.3, -0.25) is 14.5 Å². The minimum Gasteiger partial charge on any atom is -0.387 e. The second-order valence-electron chi connectivity index (χ2n) is 3.19. The van der Waals surface area contributed by atoms with Gasteiger partial charge in [-0.1, -0.05) is 0 Å². The lowest BCUT2D eigenvalue weighted by atomic mass is 10.2. The fourth-order valence-corrected chi connectivity index (χ4v) is 2.06. The lowest BCUT2D eigenvalue weighted by molar-refractivity contribution is -0.138. The van der Waals surface area contributed by atoms with Gasteiger partial charge < -0.3 is 5.11 Å². The van der Waals surface area contributed by atoms with Gasteiger partial charge in [-0.15, -0.1) is 0 Å². The van der Waals surface area contributed by atoms with Crippen LogP contribution in [0.4, 0.5) is 0 Å². The van der Waals surface area contributed by atoms with E-state index in [0.29, 0.717) is 0 Å². The van der Waals surface area contributed by atoms with E-state index in [0.717, 1.165) is 10.5 Å². The van der Waals surface area contributed by atoms with E-state index in [2.05, 4.69) is 0 Å². The van der Waals surface area contributed by atoms with Crippen molar-refractivity contribution in [3.05, 3.63) is 34.5 Å². The number of hydrogen-bond acceptors (Lipinski definition) is 4. The van der Waals surface area contributed by atoms with Crippen LogP contribution < -0.4 is 0 Å². The summed E-state index contributed by atoms with van der Waals surface area (Å²) < 4.78 is 0. The average Bonchev–Trinajstić information content (AvgIpc) is 2.82. The average molecular weight is 223 g/mol. The van der Waals surface area contributed by atoms with Crippen LogP contribution in [0.1, 0.15) is 11.7 Å². The Morgan fingerprint density at radius 1 is 1.33 bits per heavy atom. The molecule has 78 valence electrons. The van der Waals surface area contributed by atoms with Gasteiger partial charge in [0.2, 0.25) is 0 Å². The molecule has 1 aliphatic rings. The third-order valence-corrected chi connectivity index (χ3v) is 2.89. The first-order valence-electron chi connectivity index (χ1n) is 4.42. The second kappa shape index (κ2) is 3.96. The van der Waals surface area contributed by atoms with Gasteiger partial charge in [0.1, 0.15) is 0 Å². The van der Waals surface area contributed by atoms with E-state index in [4.69, 9.17) is 0 Å². The molecule has 1 unspecified atom stereocenters. The monoisotopic (exact) mass is 223 g/mol. The van der Waals surface area contributed by atoms with Crippen molar-refractivity contribution in [2.75, 3.05) is 6.54 Å². The highest BCUT2D eigenvalue weighted by molar-refractivity contribution is 7.07. The third-order valence-electron chi connectivity index (χ3n) is 2.18. The number of carbonyl (C=O) groups is 2. The molecule has 1 aromatic heterocycles. The number of β-amino-alcohol motifs (C(OH)–C–C–N with tert-alkyl or cyclic N) is 1. The Bertz CT molecular complexity index is 392. The molecule has 0 fully saturated rings. The van der Waals surface area contributed by atoms with Gasteiger partial charge in [-0.25, -0.2) is 0 Å². The molecule has 0 saturated heterocycles. The Morgan fingerprint density at radius 3 is 2.53 bits per heavy atom. The summed E-state index contributed by atoms with van der Waals surface area (Å²) in [5.41, 5.74) is 0.729. The SMILES string of the molecule is O=C1C=CC(=O)N1CC(O)c1ccsc1. The summed E-state index contributed by atoms with van der Waals surface area (Å²) in [6.45, 7) is 0.0153. The van der Waals surface area contributed by atoms with Crippen LogP contribution in [0.25, 0.3) is 0 Å².